The smallest absolute Gasteiger partial charge is 0.402 e. The van der Waals surface area contributed by atoms with Gasteiger partial charge in [-0.2, -0.15) is 0 Å². The Bertz CT molecular complexity index is 1670. The first-order valence-electron chi connectivity index (χ1n) is 13.1. The standard InChI is InChI=1S/C31H28O12/c1-15-10-17(5-8-21(15)34)30-24(13-20-22(35)11-19(33)12-23(20)41-30)42-31-29(39)28(38)27(37)25(43-31)14-40-26(36)9-4-16-2-6-18(32)7-3-16/h2-13,25,27-29,31,37-39H,14H2,1H3,(H3-,32,33,34,35,36)/p+1. The van der Waals surface area contributed by atoms with E-state index in [1.54, 1.807) is 25.1 Å². The summed E-state index contributed by atoms with van der Waals surface area (Å²) in [6.07, 6.45) is -5.47. The van der Waals surface area contributed by atoms with Gasteiger partial charge in [0.15, 0.2) is 0 Å². The second-order valence-corrected chi connectivity index (χ2v) is 10.0. The summed E-state index contributed by atoms with van der Waals surface area (Å²) in [5.41, 5.74) is 1.65. The first-order chi connectivity index (χ1) is 20.5. The number of esters is 1. The maximum Gasteiger partial charge on any atom is 0.402 e. The topological polar surface area (TPSA) is 198 Å². The Morgan fingerprint density at radius 1 is 0.884 bits per heavy atom. The number of phenolic OH excluding ortho intramolecular Hbond substituents is 4. The van der Waals surface area contributed by atoms with Crippen molar-refractivity contribution in [2.45, 2.75) is 37.6 Å². The minimum Gasteiger partial charge on any atom is -0.508 e. The number of aliphatic hydroxyl groups is 3. The van der Waals surface area contributed by atoms with Crippen molar-refractivity contribution < 1.29 is 59.2 Å². The molecule has 5 rings (SSSR count). The summed E-state index contributed by atoms with van der Waals surface area (Å²) in [6.45, 7) is 1.16. The Morgan fingerprint density at radius 3 is 2.35 bits per heavy atom. The van der Waals surface area contributed by atoms with Gasteiger partial charge in [-0.3, -0.25) is 0 Å². The number of ether oxygens (including phenoxy) is 3. The molecular weight excluding hydrogens is 564 g/mol. The zero-order valence-electron chi connectivity index (χ0n) is 22.7. The SMILES string of the molecule is Cc1cc(-c2[o+]c3cc(O)cc(O)c3cc2OC2OC(COC(=O)/C=C/c3ccc(O)cc3)C(O)C(O)C2O)ccc1O. The zero-order chi connectivity index (χ0) is 30.8. The van der Waals surface area contributed by atoms with Crippen LogP contribution in [-0.2, 0) is 14.3 Å². The molecule has 5 unspecified atom stereocenters. The number of carbonyl (C=O) groups is 1. The summed E-state index contributed by atoms with van der Waals surface area (Å²) < 4.78 is 22.8. The van der Waals surface area contributed by atoms with Gasteiger partial charge in [0.1, 0.15) is 59.4 Å². The van der Waals surface area contributed by atoms with Gasteiger partial charge < -0.3 is 50.0 Å². The molecule has 5 atom stereocenters. The molecule has 2 heterocycles. The van der Waals surface area contributed by atoms with Gasteiger partial charge in [0, 0.05) is 18.2 Å². The fourth-order valence-corrected chi connectivity index (χ4v) is 4.51. The lowest BCUT2D eigenvalue weighted by Crippen LogP contribution is -2.60. The summed E-state index contributed by atoms with van der Waals surface area (Å²) in [7, 11) is 0. The molecule has 0 spiro atoms. The molecule has 12 heteroatoms. The van der Waals surface area contributed by atoms with Crippen LogP contribution in [0.25, 0.3) is 28.4 Å². The fraction of sp³-hybridized carbons (Fsp3) is 0.226. The number of fused-ring (bicyclic) bond motifs is 1. The van der Waals surface area contributed by atoms with Gasteiger partial charge in [-0.25, -0.2) is 9.21 Å². The first kappa shape index (κ1) is 29.6. The highest BCUT2D eigenvalue weighted by Crippen LogP contribution is 2.41. The first-order valence-corrected chi connectivity index (χ1v) is 13.1. The van der Waals surface area contributed by atoms with Crippen LogP contribution in [0.3, 0.4) is 0 Å². The zero-order valence-corrected chi connectivity index (χ0v) is 22.7. The monoisotopic (exact) mass is 593 g/mol. The van der Waals surface area contributed by atoms with Crippen LogP contribution in [0.5, 0.6) is 28.7 Å². The number of carbonyl (C=O) groups excluding carboxylic acids is 1. The predicted octanol–water partition coefficient (Wildman–Crippen LogP) is 2.95. The normalized spacial score (nSPS) is 22.1. The maximum absolute atomic E-state index is 12.3. The van der Waals surface area contributed by atoms with Crippen LogP contribution in [0.1, 0.15) is 11.1 Å². The second kappa shape index (κ2) is 12.2. The fourth-order valence-electron chi connectivity index (χ4n) is 4.51. The van der Waals surface area contributed by atoms with E-state index in [0.29, 0.717) is 16.7 Å². The van der Waals surface area contributed by atoms with Crippen molar-refractivity contribution in [1.82, 2.24) is 0 Å². The molecule has 0 aliphatic carbocycles. The Morgan fingerprint density at radius 2 is 1.63 bits per heavy atom. The van der Waals surface area contributed by atoms with Crippen molar-refractivity contribution in [1.29, 1.82) is 0 Å². The van der Waals surface area contributed by atoms with E-state index in [1.165, 1.54) is 42.5 Å². The van der Waals surface area contributed by atoms with E-state index in [-0.39, 0.29) is 45.5 Å². The van der Waals surface area contributed by atoms with E-state index >= 15 is 0 Å². The molecule has 3 aromatic carbocycles. The lowest BCUT2D eigenvalue weighted by molar-refractivity contribution is -0.278. The van der Waals surface area contributed by atoms with Gasteiger partial charge >= 0.3 is 17.3 Å². The van der Waals surface area contributed by atoms with E-state index in [1.807, 2.05) is 0 Å². The van der Waals surface area contributed by atoms with Crippen molar-refractivity contribution in [3.05, 3.63) is 77.9 Å². The third-order valence-electron chi connectivity index (χ3n) is 6.88. The van der Waals surface area contributed by atoms with Gasteiger partial charge in [0.05, 0.1) is 11.6 Å². The molecular formula is C31H29O12+. The third-order valence-corrected chi connectivity index (χ3v) is 6.88. The molecule has 224 valence electrons. The highest BCUT2D eigenvalue weighted by atomic mass is 16.7. The molecule has 1 saturated heterocycles. The lowest BCUT2D eigenvalue weighted by atomic mass is 9.99. The number of hydrogen-bond donors (Lipinski definition) is 7. The molecule has 1 fully saturated rings. The van der Waals surface area contributed by atoms with Crippen LogP contribution in [0.15, 0.2) is 71.2 Å². The van der Waals surface area contributed by atoms with Gasteiger partial charge in [-0.15, -0.1) is 0 Å². The number of aliphatic hydroxyl groups excluding tert-OH is 3. The number of hydrogen-bond acceptors (Lipinski definition) is 11. The van der Waals surface area contributed by atoms with Crippen LogP contribution in [-0.4, -0.2) is 79.0 Å². The van der Waals surface area contributed by atoms with E-state index in [0.717, 1.165) is 12.1 Å². The van der Waals surface area contributed by atoms with Crippen LogP contribution in [0.4, 0.5) is 0 Å². The van der Waals surface area contributed by atoms with Crippen molar-refractivity contribution in [2.75, 3.05) is 6.61 Å². The molecule has 12 nitrogen and oxygen atoms in total. The molecule has 0 radical (unpaired) electrons. The van der Waals surface area contributed by atoms with Crippen LogP contribution in [0.2, 0.25) is 0 Å². The molecule has 0 bridgehead atoms. The Balaban J connectivity index is 1.39. The highest BCUT2D eigenvalue weighted by Gasteiger charge is 2.46. The van der Waals surface area contributed by atoms with Crippen molar-refractivity contribution in [3.8, 4) is 40.1 Å². The van der Waals surface area contributed by atoms with E-state index < -0.39 is 43.3 Å². The summed E-state index contributed by atoms with van der Waals surface area (Å²) in [5.74, 6) is -1.26. The summed E-state index contributed by atoms with van der Waals surface area (Å²) in [4.78, 5) is 12.3. The predicted molar refractivity (Wildman–Crippen MR) is 151 cm³/mol. The van der Waals surface area contributed by atoms with Crippen LogP contribution < -0.4 is 4.74 Å². The quantitative estimate of drug-likeness (QED) is 0.0941. The Kier molecular flexibility index (Phi) is 8.37. The second-order valence-electron chi connectivity index (χ2n) is 10.0. The number of aryl methyl sites for hydroxylation is 1. The average molecular weight is 594 g/mol. The lowest BCUT2D eigenvalue weighted by Gasteiger charge is -2.39. The number of rotatable bonds is 7. The summed E-state index contributed by atoms with van der Waals surface area (Å²) in [5, 5.41) is 71.6. The maximum atomic E-state index is 12.3. The molecule has 1 aromatic heterocycles. The minimum absolute atomic E-state index is 0.0285. The van der Waals surface area contributed by atoms with Crippen molar-refractivity contribution in [2.24, 2.45) is 0 Å². The van der Waals surface area contributed by atoms with Gasteiger partial charge in [-0.05, 0) is 54.5 Å². The van der Waals surface area contributed by atoms with Crippen LogP contribution >= 0.6 is 0 Å². The molecule has 43 heavy (non-hydrogen) atoms. The van der Waals surface area contributed by atoms with E-state index in [9.17, 15) is 40.5 Å². The summed E-state index contributed by atoms with van der Waals surface area (Å²) in [6, 6.07) is 14.4. The summed E-state index contributed by atoms with van der Waals surface area (Å²) >= 11 is 0. The molecule has 0 amide bonds. The Hall–Kier alpha value is -4.88. The number of aromatic hydroxyl groups is 4. The number of benzene rings is 3. The molecule has 7 N–H and O–H groups in total. The molecule has 1 aliphatic heterocycles. The molecule has 0 saturated carbocycles. The van der Waals surface area contributed by atoms with Gasteiger partial charge in [0.2, 0.25) is 12.0 Å². The van der Waals surface area contributed by atoms with E-state index in [2.05, 4.69) is 0 Å². The highest BCUT2D eigenvalue weighted by molar-refractivity contribution is 5.88. The molecule has 4 aromatic rings. The van der Waals surface area contributed by atoms with E-state index in [4.69, 9.17) is 18.6 Å². The van der Waals surface area contributed by atoms with Gasteiger partial charge in [0.25, 0.3) is 0 Å². The minimum atomic E-state index is -1.75. The van der Waals surface area contributed by atoms with Gasteiger partial charge in [-0.1, -0.05) is 12.1 Å². The van der Waals surface area contributed by atoms with Crippen LogP contribution in [0, 0.1) is 6.92 Å². The third kappa shape index (κ3) is 6.47. The molecule has 1 aliphatic rings. The van der Waals surface area contributed by atoms with Crippen molar-refractivity contribution >= 4 is 23.0 Å². The largest absolute Gasteiger partial charge is 0.508 e. The Labute approximate surface area is 244 Å². The average Bonchev–Trinajstić information content (AvgIpc) is 2.98. The number of phenols is 4. The van der Waals surface area contributed by atoms with Crippen molar-refractivity contribution in [3.63, 3.8) is 0 Å².